The van der Waals surface area contributed by atoms with Gasteiger partial charge in [0.25, 0.3) is 5.91 Å². The van der Waals surface area contributed by atoms with E-state index in [1.807, 2.05) is 6.07 Å². The molecule has 0 saturated carbocycles. The fourth-order valence-electron chi connectivity index (χ4n) is 1.93. The molecule has 0 atom stereocenters. The third kappa shape index (κ3) is 3.97. The number of aromatic nitrogens is 3. The van der Waals surface area contributed by atoms with Gasteiger partial charge in [-0.2, -0.15) is 18.2 Å². The van der Waals surface area contributed by atoms with Gasteiger partial charge in [-0.3, -0.25) is 15.2 Å². The first-order valence-corrected chi connectivity index (χ1v) is 6.98. The number of amides is 1. The Kier molecular flexibility index (Phi) is 4.42. The summed E-state index contributed by atoms with van der Waals surface area (Å²) in [6, 6.07) is 10.4. The number of nitrogens with zero attached hydrogens (tertiary/aromatic N) is 2. The molecule has 2 N–H and O–H groups in total. The van der Waals surface area contributed by atoms with E-state index in [9.17, 15) is 18.0 Å². The summed E-state index contributed by atoms with van der Waals surface area (Å²) in [6.45, 7) is 0.0467. The lowest BCUT2D eigenvalue weighted by molar-refractivity contribution is -0.144. The summed E-state index contributed by atoms with van der Waals surface area (Å²) < 4.78 is 48.0. The molecule has 3 aromatic rings. The van der Waals surface area contributed by atoms with Crippen molar-refractivity contribution in [1.29, 1.82) is 0 Å². The molecule has 130 valence electrons. The molecule has 0 aliphatic carbocycles. The van der Waals surface area contributed by atoms with E-state index in [0.29, 0.717) is 11.3 Å². The minimum Gasteiger partial charge on any atom is -0.489 e. The standard InChI is InChI=1S/C15H11F3N4O3/c16-15(17,18)13-20-14(22-21-13)19-12(23)11-9(6-7-24-11)8-25-10-4-2-1-3-5-10/h1-7H,8H2,(H2,19,20,21,22,23). The van der Waals surface area contributed by atoms with E-state index in [2.05, 4.69) is 15.4 Å². The largest absolute Gasteiger partial charge is 0.489 e. The molecule has 1 amide bonds. The van der Waals surface area contributed by atoms with Gasteiger partial charge in [-0.1, -0.05) is 18.2 Å². The lowest BCUT2D eigenvalue weighted by Crippen LogP contribution is -2.15. The number of furan rings is 1. The summed E-state index contributed by atoms with van der Waals surface area (Å²) in [6.07, 6.45) is -3.41. The van der Waals surface area contributed by atoms with Crippen molar-refractivity contribution in [3.8, 4) is 5.75 Å². The van der Waals surface area contributed by atoms with Crippen LogP contribution in [0.15, 0.2) is 47.1 Å². The van der Waals surface area contributed by atoms with Gasteiger partial charge < -0.3 is 9.15 Å². The highest BCUT2D eigenvalue weighted by Crippen LogP contribution is 2.26. The zero-order valence-corrected chi connectivity index (χ0v) is 12.5. The molecule has 3 rings (SSSR count). The first-order valence-electron chi connectivity index (χ1n) is 6.98. The number of hydrogen-bond acceptors (Lipinski definition) is 5. The Balaban J connectivity index is 1.67. The Hall–Kier alpha value is -3.30. The van der Waals surface area contributed by atoms with Gasteiger partial charge in [-0.05, 0) is 18.2 Å². The second kappa shape index (κ2) is 6.67. The molecule has 0 fully saturated rings. The van der Waals surface area contributed by atoms with E-state index >= 15 is 0 Å². The summed E-state index contributed by atoms with van der Waals surface area (Å²) >= 11 is 0. The van der Waals surface area contributed by atoms with Crippen LogP contribution < -0.4 is 10.1 Å². The molecular weight excluding hydrogens is 341 g/mol. The zero-order valence-electron chi connectivity index (χ0n) is 12.5. The van der Waals surface area contributed by atoms with Gasteiger partial charge in [0.15, 0.2) is 5.76 Å². The quantitative estimate of drug-likeness (QED) is 0.735. The Labute approximate surface area is 138 Å². The van der Waals surface area contributed by atoms with Gasteiger partial charge in [-0.25, -0.2) is 0 Å². The van der Waals surface area contributed by atoms with Crippen LogP contribution in [0.4, 0.5) is 19.1 Å². The summed E-state index contributed by atoms with van der Waals surface area (Å²) in [5, 5.41) is 7.13. The lowest BCUT2D eigenvalue weighted by atomic mass is 10.2. The van der Waals surface area contributed by atoms with Crippen LogP contribution in [0.3, 0.4) is 0 Å². The van der Waals surface area contributed by atoms with Crippen molar-refractivity contribution in [2.45, 2.75) is 12.8 Å². The summed E-state index contributed by atoms with van der Waals surface area (Å²) in [5.74, 6) is -2.11. The van der Waals surface area contributed by atoms with Gasteiger partial charge in [0, 0.05) is 5.56 Å². The first-order chi connectivity index (χ1) is 11.9. The number of ether oxygens (including phenoxy) is 1. The van der Waals surface area contributed by atoms with Gasteiger partial charge in [0.05, 0.1) is 6.26 Å². The van der Waals surface area contributed by atoms with Crippen molar-refractivity contribution < 1.29 is 27.1 Å². The third-order valence-electron chi connectivity index (χ3n) is 3.07. The second-order valence-electron chi connectivity index (χ2n) is 4.84. The number of H-pyrrole nitrogens is 1. The molecule has 0 bridgehead atoms. The lowest BCUT2D eigenvalue weighted by Gasteiger charge is -2.06. The topological polar surface area (TPSA) is 93.0 Å². The maximum atomic E-state index is 12.5. The minimum atomic E-state index is -4.69. The van der Waals surface area contributed by atoms with Crippen molar-refractivity contribution in [3.63, 3.8) is 0 Å². The van der Waals surface area contributed by atoms with Gasteiger partial charge in [0.1, 0.15) is 12.4 Å². The fraction of sp³-hybridized carbons (Fsp3) is 0.133. The van der Waals surface area contributed by atoms with Crippen molar-refractivity contribution in [1.82, 2.24) is 15.2 Å². The Morgan fingerprint density at radius 1 is 1.24 bits per heavy atom. The minimum absolute atomic E-state index is 0.0467. The highest BCUT2D eigenvalue weighted by molar-refractivity contribution is 6.02. The third-order valence-corrected chi connectivity index (χ3v) is 3.07. The fourth-order valence-corrected chi connectivity index (χ4v) is 1.93. The normalized spacial score (nSPS) is 11.3. The number of benzene rings is 1. The van der Waals surface area contributed by atoms with Crippen LogP contribution >= 0.6 is 0 Å². The number of alkyl halides is 3. The Morgan fingerprint density at radius 2 is 2.00 bits per heavy atom. The summed E-state index contributed by atoms with van der Waals surface area (Å²) in [7, 11) is 0. The van der Waals surface area contributed by atoms with E-state index in [-0.39, 0.29) is 12.4 Å². The van der Waals surface area contributed by atoms with Gasteiger partial charge in [0.2, 0.25) is 11.8 Å². The van der Waals surface area contributed by atoms with Gasteiger partial charge >= 0.3 is 6.18 Å². The highest BCUT2D eigenvalue weighted by atomic mass is 19.4. The van der Waals surface area contributed by atoms with Crippen molar-refractivity contribution >= 4 is 11.9 Å². The molecule has 0 radical (unpaired) electrons. The zero-order chi connectivity index (χ0) is 17.9. The maximum Gasteiger partial charge on any atom is 0.451 e. The number of para-hydroxylation sites is 1. The summed E-state index contributed by atoms with van der Waals surface area (Å²) in [4.78, 5) is 15.3. The molecule has 1 aromatic carbocycles. The van der Waals surface area contributed by atoms with Crippen LogP contribution in [0, 0.1) is 0 Å². The number of nitrogens with one attached hydrogen (secondary N) is 2. The average Bonchev–Trinajstić information content (AvgIpc) is 3.22. The smallest absolute Gasteiger partial charge is 0.451 e. The average molecular weight is 352 g/mol. The Morgan fingerprint density at radius 3 is 2.68 bits per heavy atom. The van der Waals surface area contributed by atoms with Crippen LogP contribution in [0.1, 0.15) is 21.9 Å². The van der Waals surface area contributed by atoms with Crippen LogP contribution in [-0.2, 0) is 12.8 Å². The molecule has 2 aromatic heterocycles. The van der Waals surface area contributed by atoms with Crippen LogP contribution in [0.5, 0.6) is 5.75 Å². The Bertz CT molecular complexity index is 858. The molecule has 0 unspecified atom stereocenters. The molecule has 0 aliphatic heterocycles. The van der Waals surface area contributed by atoms with E-state index in [1.54, 1.807) is 29.4 Å². The molecule has 0 saturated heterocycles. The number of carbonyl (C=O) groups is 1. The molecule has 7 nitrogen and oxygen atoms in total. The van der Waals surface area contributed by atoms with Crippen molar-refractivity contribution in [3.05, 3.63) is 59.8 Å². The van der Waals surface area contributed by atoms with Crippen molar-refractivity contribution in [2.24, 2.45) is 0 Å². The van der Waals surface area contributed by atoms with Gasteiger partial charge in [-0.15, -0.1) is 5.10 Å². The van der Waals surface area contributed by atoms with Crippen LogP contribution in [-0.4, -0.2) is 21.1 Å². The van der Waals surface area contributed by atoms with E-state index < -0.39 is 23.9 Å². The predicted octanol–water partition coefficient (Wildman–Crippen LogP) is 3.25. The second-order valence-corrected chi connectivity index (χ2v) is 4.84. The van der Waals surface area contributed by atoms with E-state index in [0.717, 1.165) is 0 Å². The van der Waals surface area contributed by atoms with Crippen LogP contribution in [0.25, 0.3) is 0 Å². The highest BCUT2D eigenvalue weighted by Gasteiger charge is 2.35. The summed E-state index contributed by atoms with van der Waals surface area (Å²) in [5.41, 5.74) is 0.424. The predicted molar refractivity (Wildman–Crippen MR) is 78.8 cm³/mol. The first kappa shape index (κ1) is 16.6. The SMILES string of the molecule is O=C(Nc1n[nH]c(C(F)(F)F)n1)c1occc1COc1ccccc1. The van der Waals surface area contributed by atoms with Crippen LogP contribution in [0.2, 0.25) is 0 Å². The van der Waals surface area contributed by atoms with E-state index in [4.69, 9.17) is 9.15 Å². The molecule has 2 heterocycles. The molecule has 0 aliphatic rings. The molecular formula is C15H11F3N4O3. The molecule has 25 heavy (non-hydrogen) atoms. The number of halogens is 3. The number of carbonyl (C=O) groups excluding carboxylic acids is 1. The number of anilines is 1. The number of aromatic amines is 1. The maximum absolute atomic E-state index is 12.5. The molecule has 10 heteroatoms. The number of hydrogen-bond donors (Lipinski definition) is 2. The van der Waals surface area contributed by atoms with Crippen molar-refractivity contribution in [2.75, 3.05) is 5.32 Å². The van der Waals surface area contributed by atoms with E-state index in [1.165, 1.54) is 12.3 Å². The number of rotatable bonds is 5. The monoisotopic (exact) mass is 352 g/mol. The molecule has 0 spiro atoms.